The summed E-state index contributed by atoms with van der Waals surface area (Å²) >= 11 is 0. The fourth-order valence-corrected chi connectivity index (χ4v) is 5.59. The molecule has 3 heterocycles. The molecule has 1 amide bonds. The van der Waals surface area contributed by atoms with Gasteiger partial charge < -0.3 is 20.0 Å². The average molecular weight is 504 g/mol. The van der Waals surface area contributed by atoms with Gasteiger partial charge in [0, 0.05) is 61.7 Å². The number of rotatable bonds is 7. The van der Waals surface area contributed by atoms with Gasteiger partial charge in [0.1, 0.15) is 11.2 Å². The van der Waals surface area contributed by atoms with Crippen LogP contribution in [0.1, 0.15) is 49.4 Å². The third kappa shape index (κ3) is 4.56. The first-order chi connectivity index (χ1) is 17.7. The highest BCUT2D eigenvalue weighted by Gasteiger charge is 2.40. The van der Waals surface area contributed by atoms with E-state index in [1.807, 2.05) is 12.1 Å². The minimum Gasteiger partial charge on any atom is -0.370 e. The Kier molecular flexibility index (Phi) is 6.66. The molecule has 0 bridgehead atoms. The molecule has 1 atom stereocenters. The largest absolute Gasteiger partial charge is 0.370 e. The molecule has 196 valence electrons. The van der Waals surface area contributed by atoms with Crippen LogP contribution in [-0.4, -0.2) is 77.6 Å². The molecule has 1 unspecified atom stereocenters. The SMILES string of the molecule is CCC1(n2c(=O)c(C(=O)N(C)C)cc3cnc(Nc4ccc(N5CCC(N(C)C)C5)cc4)nc32)CCC1. The van der Waals surface area contributed by atoms with Crippen molar-refractivity contribution in [2.75, 3.05) is 51.5 Å². The predicted octanol–water partition coefficient (Wildman–Crippen LogP) is 3.67. The van der Waals surface area contributed by atoms with Gasteiger partial charge in [-0.2, -0.15) is 4.98 Å². The normalized spacial score (nSPS) is 18.8. The number of anilines is 3. The van der Waals surface area contributed by atoms with Gasteiger partial charge in [0.05, 0.1) is 0 Å². The summed E-state index contributed by atoms with van der Waals surface area (Å²) in [7, 11) is 7.60. The monoisotopic (exact) mass is 503 g/mol. The Morgan fingerprint density at radius 2 is 1.89 bits per heavy atom. The lowest BCUT2D eigenvalue weighted by Gasteiger charge is -2.43. The molecule has 3 aromatic rings. The van der Waals surface area contributed by atoms with Crippen molar-refractivity contribution in [2.24, 2.45) is 0 Å². The second-order valence-corrected chi connectivity index (χ2v) is 10.8. The van der Waals surface area contributed by atoms with E-state index in [0.29, 0.717) is 23.0 Å². The molecule has 5 rings (SSSR count). The lowest BCUT2D eigenvalue weighted by molar-refractivity contribution is 0.0821. The fourth-order valence-electron chi connectivity index (χ4n) is 5.59. The van der Waals surface area contributed by atoms with E-state index < -0.39 is 0 Å². The van der Waals surface area contributed by atoms with E-state index in [1.54, 1.807) is 30.9 Å². The molecular formula is C28H37N7O2. The number of carbonyl (C=O) groups is 1. The van der Waals surface area contributed by atoms with Gasteiger partial charge in [-0.1, -0.05) is 6.92 Å². The fraction of sp³-hybridized carbons (Fsp3) is 0.500. The van der Waals surface area contributed by atoms with Crippen LogP contribution in [-0.2, 0) is 5.54 Å². The number of pyridine rings is 1. The van der Waals surface area contributed by atoms with Crippen LogP contribution in [0.25, 0.3) is 11.0 Å². The molecule has 1 saturated heterocycles. The standard InChI is InChI=1S/C28H37N7O2/c1-6-28(13-7-14-28)35-24-19(16-23(26(35)37)25(36)33(4)5)17-29-27(31-24)30-20-8-10-21(11-9-20)34-15-12-22(18-34)32(2)3/h8-11,16-17,22H,6-7,12-15,18H2,1-5H3,(H,29,30,31). The summed E-state index contributed by atoms with van der Waals surface area (Å²) in [5.74, 6) is 0.128. The third-order valence-electron chi connectivity index (χ3n) is 8.18. The molecule has 1 aromatic carbocycles. The highest BCUT2D eigenvalue weighted by atomic mass is 16.2. The van der Waals surface area contributed by atoms with Crippen molar-refractivity contribution in [1.29, 1.82) is 0 Å². The Morgan fingerprint density at radius 3 is 2.46 bits per heavy atom. The van der Waals surface area contributed by atoms with Crippen molar-refractivity contribution >= 4 is 34.3 Å². The van der Waals surface area contributed by atoms with Crippen LogP contribution in [0.15, 0.2) is 41.3 Å². The molecule has 1 saturated carbocycles. The smallest absolute Gasteiger partial charge is 0.265 e. The third-order valence-corrected chi connectivity index (χ3v) is 8.18. The number of aromatic nitrogens is 3. The maximum atomic E-state index is 13.7. The second-order valence-electron chi connectivity index (χ2n) is 10.8. The van der Waals surface area contributed by atoms with Crippen LogP contribution in [0.3, 0.4) is 0 Å². The van der Waals surface area contributed by atoms with E-state index in [2.05, 4.69) is 53.3 Å². The number of fused-ring (bicyclic) bond motifs is 1. The summed E-state index contributed by atoms with van der Waals surface area (Å²) < 4.78 is 1.77. The Hall–Kier alpha value is -3.46. The molecule has 2 aromatic heterocycles. The Balaban J connectivity index is 1.47. The van der Waals surface area contributed by atoms with Crippen molar-refractivity contribution in [1.82, 2.24) is 24.3 Å². The molecular weight excluding hydrogens is 466 g/mol. The number of nitrogens with one attached hydrogen (secondary N) is 1. The zero-order valence-corrected chi connectivity index (χ0v) is 22.5. The molecule has 9 nitrogen and oxygen atoms in total. The highest BCUT2D eigenvalue weighted by molar-refractivity contribution is 5.96. The summed E-state index contributed by atoms with van der Waals surface area (Å²) in [5.41, 5.74) is 2.23. The minimum atomic E-state index is -0.314. The van der Waals surface area contributed by atoms with Gasteiger partial charge in [0.2, 0.25) is 5.95 Å². The van der Waals surface area contributed by atoms with Crippen LogP contribution < -0.4 is 15.8 Å². The zero-order chi connectivity index (χ0) is 26.3. The summed E-state index contributed by atoms with van der Waals surface area (Å²) in [6, 6.07) is 10.5. The first kappa shape index (κ1) is 25.2. The van der Waals surface area contributed by atoms with Gasteiger partial charge in [0.15, 0.2) is 0 Å². The maximum absolute atomic E-state index is 13.7. The van der Waals surface area contributed by atoms with Crippen molar-refractivity contribution in [3.63, 3.8) is 0 Å². The van der Waals surface area contributed by atoms with Crippen molar-refractivity contribution in [3.05, 3.63) is 52.4 Å². The van der Waals surface area contributed by atoms with E-state index in [0.717, 1.165) is 44.5 Å². The second kappa shape index (κ2) is 9.78. The number of nitrogens with zero attached hydrogens (tertiary/aromatic N) is 6. The quantitative estimate of drug-likeness (QED) is 0.527. The summed E-state index contributed by atoms with van der Waals surface area (Å²) in [6.07, 6.45) is 6.54. The summed E-state index contributed by atoms with van der Waals surface area (Å²) in [4.78, 5) is 41.9. The molecule has 1 N–H and O–H groups in total. The molecule has 2 fully saturated rings. The molecule has 0 radical (unpaired) electrons. The van der Waals surface area contributed by atoms with Gasteiger partial charge in [-0.3, -0.25) is 14.2 Å². The first-order valence-electron chi connectivity index (χ1n) is 13.2. The summed E-state index contributed by atoms with van der Waals surface area (Å²) in [6.45, 7) is 4.18. The van der Waals surface area contributed by atoms with Crippen LogP contribution >= 0.6 is 0 Å². The van der Waals surface area contributed by atoms with E-state index in [-0.39, 0.29) is 22.6 Å². The molecule has 37 heavy (non-hydrogen) atoms. The number of likely N-dealkylation sites (N-methyl/N-ethyl adjacent to an activating group) is 1. The lowest BCUT2D eigenvalue weighted by atomic mass is 9.74. The van der Waals surface area contributed by atoms with Crippen molar-refractivity contribution in [3.8, 4) is 0 Å². The number of amides is 1. The highest BCUT2D eigenvalue weighted by Crippen LogP contribution is 2.42. The van der Waals surface area contributed by atoms with Crippen LogP contribution in [0.4, 0.5) is 17.3 Å². The van der Waals surface area contributed by atoms with Crippen LogP contribution in [0, 0.1) is 0 Å². The maximum Gasteiger partial charge on any atom is 0.265 e. The van der Waals surface area contributed by atoms with E-state index in [4.69, 9.17) is 4.98 Å². The Morgan fingerprint density at radius 1 is 1.16 bits per heavy atom. The molecule has 1 aliphatic heterocycles. The molecule has 1 aliphatic carbocycles. The van der Waals surface area contributed by atoms with Crippen LogP contribution in [0.2, 0.25) is 0 Å². The lowest BCUT2D eigenvalue weighted by Crippen LogP contribution is -2.48. The zero-order valence-electron chi connectivity index (χ0n) is 22.5. The van der Waals surface area contributed by atoms with Gasteiger partial charge in [-0.25, -0.2) is 4.98 Å². The van der Waals surface area contributed by atoms with Gasteiger partial charge >= 0.3 is 0 Å². The van der Waals surface area contributed by atoms with E-state index in [9.17, 15) is 9.59 Å². The minimum absolute atomic E-state index is 0.163. The average Bonchev–Trinajstić information content (AvgIpc) is 3.35. The predicted molar refractivity (Wildman–Crippen MR) is 148 cm³/mol. The molecule has 9 heteroatoms. The van der Waals surface area contributed by atoms with E-state index >= 15 is 0 Å². The number of hydrogen-bond donors (Lipinski definition) is 1. The van der Waals surface area contributed by atoms with Gasteiger partial charge in [-0.15, -0.1) is 0 Å². The van der Waals surface area contributed by atoms with E-state index in [1.165, 1.54) is 17.0 Å². The van der Waals surface area contributed by atoms with Crippen molar-refractivity contribution in [2.45, 2.75) is 50.6 Å². The number of hydrogen-bond acceptors (Lipinski definition) is 7. The number of benzene rings is 1. The first-order valence-corrected chi connectivity index (χ1v) is 13.2. The molecule has 2 aliphatic rings. The van der Waals surface area contributed by atoms with Crippen LogP contribution in [0.5, 0.6) is 0 Å². The van der Waals surface area contributed by atoms with Gasteiger partial charge in [0.25, 0.3) is 11.5 Å². The van der Waals surface area contributed by atoms with Crippen molar-refractivity contribution < 1.29 is 4.79 Å². The Labute approximate surface area is 218 Å². The molecule has 0 spiro atoms. The topological polar surface area (TPSA) is 86.6 Å². The number of carbonyl (C=O) groups excluding carboxylic acids is 1. The summed E-state index contributed by atoms with van der Waals surface area (Å²) in [5, 5.41) is 4.00. The van der Waals surface area contributed by atoms with Gasteiger partial charge in [-0.05, 0) is 76.5 Å². The Bertz CT molecular complexity index is 1350.